The van der Waals surface area contributed by atoms with Crippen LogP contribution in [0.15, 0.2) is 28.2 Å². The second-order valence-corrected chi connectivity index (χ2v) is 7.90. The molecule has 1 aliphatic rings. The van der Waals surface area contributed by atoms with E-state index in [-0.39, 0.29) is 0 Å². The smallest absolute Gasteiger partial charge is 0.200 e. The van der Waals surface area contributed by atoms with Crippen molar-refractivity contribution in [3.63, 3.8) is 0 Å². The van der Waals surface area contributed by atoms with Crippen molar-refractivity contribution in [2.24, 2.45) is 11.0 Å². The van der Waals surface area contributed by atoms with E-state index in [1.807, 2.05) is 19.1 Å². The zero-order valence-electron chi connectivity index (χ0n) is 13.7. The minimum atomic E-state index is -3.57. The summed E-state index contributed by atoms with van der Waals surface area (Å²) in [6.07, 6.45) is 6.54. The molecular weight excluding hydrogens is 296 g/mol. The molecule has 0 radical (unpaired) electrons. The first kappa shape index (κ1) is 17.0. The van der Waals surface area contributed by atoms with E-state index >= 15 is 0 Å². The number of hydrogen-bond acceptors (Lipinski definition) is 3. The SMILES string of the molecule is CCCC1CCC(=NNS(=O)(=O)c2cc(C)ccc2C)CC1. The van der Waals surface area contributed by atoms with Crippen LogP contribution in [0.1, 0.15) is 56.6 Å². The Morgan fingerprint density at radius 2 is 1.91 bits per heavy atom. The molecule has 1 saturated carbocycles. The van der Waals surface area contributed by atoms with Gasteiger partial charge in [-0.05, 0) is 62.6 Å². The van der Waals surface area contributed by atoms with Gasteiger partial charge in [-0.25, -0.2) is 4.83 Å². The Kier molecular flexibility index (Phi) is 5.62. The highest BCUT2D eigenvalue weighted by Gasteiger charge is 2.19. The molecule has 0 atom stereocenters. The van der Waals surface area contributed by atoms with Gasteiger partial charge in [-0.15, -0.1) is 0 Å². The third kappa shape index (κ3) is 4.32. The molecule has 1 N–H and O–H groups in total. The van der Waals surface area contributed by atoms with E-state index in [1.165, 1.54) is 12.8 Å². The Bertz CT molecular complexity index is 641. The molecule has 0 aliphatic heterocycles. The summed E-state index contributed by atoms with van der Waals surface area (Å²) >= 11 is 0. The van der Waals surface area contributed by atoms with Gasteiger partial charge in [0.2, 0.25) is 0 Å². The second-order valence-electron chi connectivity index (χ2n) is 6.27. The van der Waals surface area contributed by atoms with Gasteiger partial charge >= 0.3 is 0 Å². The number of sulfonamides is 1. The molecule has 0 amide bonds. The van der Waals surface area contributed by atoms with Gasteiger partial charge in [0.1, 0.15) is 0 Å². The van der Waals surface area contributed by atoms with Gasteiger partial charge < -0.3 is 0 Å². The van der Waals surface area contributed by atoms with Crippen molar-refractivity contribution in [2.75, 3.05) is 0 Å². The summed E-state index contributed by atoms with van der Waals surface area (Å²) in [5.74, 6) is 0.777. The third-order valence-electron chi connectivity index (χ3n) is 4.34. The molecule has 4 nitrogen and oxygen atoms in total. The molecule has 1 aromatic carbocycles. The Labute approximate surface area is 134 Å². The highest BCUT2D eigenvalue weighted by molar-refractivity contribution is 7.89. The number of hydrogen-bond donors (Lipinski definition) is 1. The molecule has 0 saturated heterocycles. The highest BCUT2D eigenvalue weighted by atomic mass is 32.2. The van der Waals surface area contributed by atoms with Crippen LogP contribution < -0.4 is 4.83 Å². The van der Waals surface area contributed by atoms with Gasteiger partial charge in [0.05, 0.1) is 4.90 Å². The predicted molar refractivity (Wildman–Crippen MR) is 90.5 cm³/mol. The minimum Gasteiger partial charge on any atom is -0.200 e. The van der Waals surface area contributed by atoms with Crippen LogP contribution in [0.5, 0.6) is 0 Å². The lowest BCUT2D eigenvalue weighted by molar-refractivity contribution is 0.407. The van der Waals surface area contributed by atoms with Gasteiger partial charge in [0, 0.05) is 5.71 Å². The van der Waals surface area contributed by atoms with Crippen LogP contribution in [-0.2, 0) is 10.0 Å². The van der Waals surface area contributed by atoms with Crippen molar-refractivity contribution in [2.45, 2.75) is 64.2 Å². The standard InChI is InChI=1S/C17H26N2O2S/c1-4-5-15-8-10-16(11-9-15)18-19-22(20,21)17-12-13(2)6-7-14(17)3/h6-7,12,15,19H,4-5,8-11H2,1-3H3. The molecule has 122 valence electrons. The predicted octanol–water partition coefficient (Wildman–Crippen LogP) is 3.93. The van der Waals surface area contributed by atoms with Gasteiger partial charge in [-0.3, -0.25) is 0 Å². The summed E-state index contributed by atoms with van der Waals surface area (Å²) in [7, 11) is -3.57. The minimum absolute atomic E-state index is 0.316. The monoisotopic (exact) mass is 322 g/mol. The molecule has 0 aromatic heterocycles. The summed E-state index contributed by atoms with van der Waals surface area (Å²) < 4.78 is 24.8. The number of benzene rings is 1. The fraction of sp³-hybridized carbons (Fsp3) is 0.588. The molecule has 0 heterocycles. The van der Waals surface area contributed by atoms with E-state index in [1.54, 1.807) is 13.0 Å². The number of aryl methyl sites for hydroxylation is 2. The Balaban J connectivity index is 2.04. The Morgan fingerprint density at radius 1 is 1.23 bits per heavy atom. The second kappa shape index (κ2) is 7.27. The first-order valence-electron chi connectivity index (χ1n) is 8.07. The van der Waals surface area contributed by atoms with E-state index in [0.717, 1.165) is 48.4 Å². The summed E-state index contributed by atoms with van der Waals surface area (Å²) in [4.78, 5) is 2.74. The zero-order valence-corrected chi connectivity index (χ0v) is 14.5. The van der Waals surface area contributed by atoms with Crippen LogP contribution in [0.3, 0.4) is 0 Å². The number of nitrogens with zero attached hydrogens (tertiary/aromatic N) is 1. The molecule has 0 bridgehead atoms. The van der Waals surface area contributed by atoms with Crippen LogP contribution in [0, 0.1) is 19.8 Å². The normalized spacial score (nSPS) is 19.0. The first-order valence-corrected chi connectivity index (χ1v) is 9.55. The van der Waals surface area contributed by atoms with Crippen LogP contribution in [0.4, 0.5) is 0 Å². The van der Waals surface area contributed by atoms with E-state index in [4.69, 9.17) is 0 Å². The fourth-order valence-corrected chi connectivity index (χ4v) is 4.17. The first-order chi connectivity index (χ1) is 10.4. The summed E-state index contributed by atoms with van der Waals surface area (Å²) in [6.45, 7) is 5.90. The molecule has 0 spiro atoms. The van der Waals surface area contributed by atoms with Gasteiger partial charge in [0.15, 0.2) is 0 Å². The molecule has 2 rings (SSSR count). The van der Waals surface area contributed by atoms with Crippen molar-refractivity contribution in [1.29, 1.82) is 0 Å². The molecule has 1 fully saturated rings. The van der Waals surface area contributed by atoms with E-state index < -0.39 is 10.0 Å². The van der Waals surface area contributed by atoms with Crippen molar-refractivity contribution in [3.05, 3.63) is 29.3 Å². The summed E-state index contributed by atoms with van der Waals surface area (Å²) in [5.41, 5.74) is 2.64. The Morgan fingerprint density at radius 3 is 2.55 bits per heavy atom. The van der Waals surface area contributed by atoms with Gasteiger partial charge in [0.25, 0.3) is 10.0 Å². The molecule has 22 heavy (non-hydrogen) atoms. The quantitative estimate of drug-likeness (QED) is 0.835. The van der Waals surface area contributed by atoms with Crippen molar-refractivity contribution < 1.29 is 8.42 Å². The average Bonchev–Trinajstić information content (AvgIpc) is 2.49. The van der Waals surface area contributed by atoms with Crippen molar-refractivity contribution >= 4 is 15.7 Å². The Hall–Kier alpha value is -1.36. The summed E-state index contributed by atoms with van der Waals surface area (Å²) in [5, 5.41) is 4.18. The maximum absolute atomic E-state index is 12.4. The lowest BCUT2D eigenvalue weighted by Gasteiger charge is -2.22. The molecule has 0 unspecified atom stereocenters. The largest absolute Gasteiger partial charge is 0.276 e. The zero-order chi connectivity index (χ0) is 16.2. The van der Waals surface area contributed by atoms with Crippen LogP contribution in [0.25, 0.3) is 0 Å². The molecular formula is C17H26N2O2S. The topological polar surface area (TPSA) is 58.5 Å². The van der Waals surface area contributed by atoms with Gasteiger partial charge in [-0.1, -0.05) is 31.9 Å². The van der Waals surface area contributed by atoms with Crippen LogP contribution >= 0.6 is 0 Å². The molecule has 5 heteroatoms. The molecule has 1 aromatic rings. The fourth-order valence-electron chi connectivity index (χ4n) is 2.99. The molecule has 1 aliphatic carbocycles. The van der Waals surface area contributed by atoms with Crippen LogP contribution in [-0.4, -0.2) is 14.1 Å². The average molecular weight is 322 g/mol. The van der Waals surface area contributed by atoms with Crippen LogP contribution in [0.2, 0.25) is 0 Å². The van der Waals surface area contributed by atoms with Crippen molar-refractivity contribution in [1.82, 2.24) is 4.83 Å². The maximum atomic E-state index is 12.4. The number of rotatable bonds is 5. The number of hydrazone groups is 1. The van der Waals surface area contributed by atoms with E-state index in [9.17, 15) is 8.42 Å². The summed E-state index contributed by atoms with van der Waals surface area (Å²) in [6, 6.07) is 5.43. The number of nitrogens with one attached hydrogen (secondary N) is 1. The third-order valence-corrected chi connectivity index (χ3v) is 5.69. The lowest BCUT2D eigenvalue weighted by atomic mass is 9.85. The lowest BCUT2D eigenvalue weighted by Crippen LogP contribution is -2.23. The van der Waals surface area contributed by atoms with Crippen molar-refractivity contribution in [3.8, 4) is 0 Å². The van der Waals surface area contributed by atoms with E-state index in [2.05, 4.69) is 16.9 Å². The van der Waals surface area contributed by atoms with Gasteiger partial charge in [-0.2, -0.15) is 13.5 Å². The van der Waals surface area contributed by atoms with E-state index in [0.29, 0.717) is 4.90 Å². The maximum Gasteiger partial charge on any atom is 0.276 e. The highest BCUT2D eigenvalue weighted by Crippen LogP contribution is 2.26.